The van der Waals surface area contributed by atoms with Crippen molar-refractivity contribution in [1.29, 1.82) is 0 Å². The zero-order valence-corrected chi connectivity index (χ0v) is 21.8. The fraction of sp³-hybridized carbons (Fsp3) is 0.520. The van der Waals surface area contributed by atoms with Crippen LogP contribution in [0.4, 0.5) is 15.9 Å². The third-order valence-electron chi connectivity index (χ3n) is 7.62. The minimum Gasteiger partial charge on any atom is -0.382 e. The van der Waals surface area contributed by atoms with Crippen molar-refractivity contribution >= 4 is 40.2 Å². The first-order valence-corrected chi connectivity index (χ1v) is 13.3. The lowest BCUT2D eigenvalue weighted by molar-refractivity contribution is -0.125. The Morgan fingerprint density at radius 3 is 2.76 bits per heavy atom. The van der Waals surface area contributed by atoms with Crippen LogP contribution in [0, 0.1) is 5.82 Å². The number of carbonyl (C=O) groups is 1. The zero-order valence-electron chi connectivity index (χ0n) is 21.0. The summed E-state index contributed by atoms with van der Waals surface area (Å²) in [7, 11) is 0. The average Bonchev–Trinajstić information content (AvgIpc) is 3.49. The summed E-state index contributed by atoms with van der Waals surface area (Å²) >= 11 is 6.76. The highest BCUT2D eigenvalue weighted by molar-refractivity contribution is 6.32. The number of imidazole rings is 1. The number of hydrogen-bond acceptors (Lipinski definition) is 9. The Kier molecular flexibility index (Phi) is 6.58. The Morgan fingerprint density at radius 2 is 2.00 bits per heavy atom. The molecule has 11 nitrogen and oxygen atoms in total. The molecule has 1 amide bonds. The third-order valence-corrected chi connectivity index (χ3v) is 8.02. The van der Waals surface area contributed by atoms with Crippen LogP contribution in [0.25, 0.3) is 11.2 Å². The summed E-state index contributed by atoms with van der Waals surface area (Å²) < 4.78 is 23.0. The highest BCUT2D eigenvalue weighted by atomic mass is 35.5. The van der Waals surface area contributed by atoms with Gasteiger partial charge in [0.25, 0.3) is 0 Å². The molecule has 5 N–H and O–H groups in total. The van der Waals surface area contributed by atoms with Gasteiger partial charge in [0.05, 0.1) is 31.1 Å². The number of fused-ring (bicyclic) bond motifs is 1. The summed E-state index contributed by atoms with van der Waals surface area (Å²) in [4.78, 5) is 29.8. The number of aromatic nitrogens is 4. The molecule has 4 heterocycles. The van der Waals surface area contributed by atoms with Gasteiger partial charge in [-0.2, -0.15) is 0 Å². The van der Waals surface area contributed by atoms with Gasteiger partial charge in [-0.3, -0.25) is 9.69 Å². The number of anilines is 2. The average molecular weight is 544 g/mol. The largest absolute Gasteiger partial charge is 0.382 e. The van der Waals surface area contributed by atoms with E-state index in [9.17, 15) is 4.79 Å². The highest BCUT2D eigenvalue weighted by Crippen LogP contribution is 2.37. The van der Waals surface area contributed by atoms with Crippen molar-refractivity contribution in [2.75, 3.05) is 50.0 Å². The molecule has 13 heteroatoms. The second-order valence-electron chi connectivity index (χ2n) is 10.4. The smallest absolute Gasteiger partial charge is 0.242 e. The van der Waals surface area contributed by atoms with Crippen molar-refractivity contribution in [3.8, 4) is 0 Å². The molecule has 2 aromatic heterocycles. The van der Waals surface area contributed by atoms with Gasteiger partial charge in [-0.1, -0.05) is 11.6 Å². The summed E-state index contributed by atoms with van der Waals surface area (Å²) in [5.74, 6) is -0.333. The number of rotatable bonds is 7. The molecule has 1 atom stereocenters. The molecule has 3 aromatic rings. The highest BCUT2D eigenvalue weighted by Gasteiger charge is 2.43. The van der Waals surface area contributed by atoms with E-state index in [0.29, 0.717) is 74.6 Å². The van der Waals surface area contributed by atoms with Gasteiger partial charge in [-0.15, -0.1) is 0 Å². The summed E-state index contributed by atoms with van der Waals surface area (Å²) in [6.45, 7) is 4.11. The number of nitrogen functional groups attached to an aromatic ring is 1. The van der Waals surface area contributed by atoms with Gasteiger partial charge in [0.1, 0.15) is 23.2 Å². The number of hydrogen-bond donors (Lipinski definition) is 3. The van der Waals surface area contributed by atoms with Crippen LogP contribution in [-0.4, -0.2) is 81.3 Å². The molecular weight excluding hydrogens is 513 g/mol. The van der Waals surface area contributed by atoms with Gasteiger partial charge in [0, 0.05) is 55.6 Å². The molecule has 3 aliphatic rings. The Balaban J connectivity index is 1.37. The van der Waals surface area contributed by atoms with Crippen LogP contribution in [-0.2, 0) is 22.6 Å². The van der Waals surface area contributed by atoms with E-state index in [-0.39, 0.29) is 29.3 Å². The lowest BCUT2D eigenvalue weighted by Crippen LogP contribution is -2.56. The quantitative estimate of drug-likeness (QED) is 0.401. The normalized spacial score (nSPS) is 22.3. The number of benzene rings is 1. The minimum atomic E-state index is -1.03. The Morgan fingerprint density at radius 1 is 1.21 bits per heavy atom. The van der Waals surface area contributed by atoms with Crippen LogP contribution in [0.5, 0.6) is 0 Å². The van der Waals surface area contributed by atoms with Gasteiger partial charge < -0.3 is 31.0 Å². The zero-order chi connectivity index (χ0) is 26.4. The number of carbonyl (C=O) groups excluding carboxylic acids is 1. The Bertz CT molecular complexity index is 1370. The molecule has 202 valence electrons. The SMILES string of the molecule is Nc1ncnc2c1ncn2Cc1c(N2CC[C@](N)(C(=O)NC3CC3)C2)cc(CN2CCOCC2)c(F)c1Cl. The number of halogens is 2. The van der Waals surface area contributed by atoms with Gasteiger partial charge in [0.15, 0.2) is 11.5 Å². The molecule has 6 rings (SSSR count). The maximum absolute atomic E-state index is 15.8. The molecule has 3 fully saturated rings. The lowest BCUT2D eigenvalue weighted by atomic mass is 9.99. The van der Waals surface area contributed by atoms with Crippen molar-refractivity contribution in [3.63, 3.8) is 0 Å². The molecule has 1 aliphatic carbocycles. The van der Waals surface area contributed by atoms with Crippen LogP contribution < -0.4 is 21.7 Å². The standard InChI is InChI=1S/C25H31ClFN9O2/c26-19-17(11-36-14-32-21-22(28)30-13-31-23(21)36)18(9-15(20(19)27)10-34-5-7-38-8-6-34)35-4-3-25(29,12-35)24(37)33-16-1-2-16/h9,13-14,16H,1-8,10-12,29H2,(H,33,37)(H2,28,30,31)/t25-/m1/s1. The molecule has 1 saturated carbocycles. The van der Waals surface area contributed by atoms with E-state index in [2.05, 4.69) is 25.2 Å². The summed E-state index contributed by atoms with van der Waals surface area (Å²) in [5, 5.41) is 3.07. The van der Waals surface area contributed by atoms with E-state index in [1.165, 1.54) is 6.33 Å². The first-order valence-electron chi connectivity index (χ1n) is 12.9. The fourth-order valence-corrected chi connectivity index (χ4v) is 5.49. The van der Waals surface area contributed by atoms with Gasteiger partial charge >= 0.3 is 0 Å². The van der Waals surface area contributed by atoms with Crippen molar-refractivity contribution in [3.05, 3.63) is 40.7 Å². The predicted octanol–water partition coefficient (Wildman–Crippen LogP) is 1.27. The third kappa shape index (κ3) is 4.77. The summed E-state index contributed by atoms with van der Waals surface area (Å²) in [6, 6.07) is 2.07. The topological polar surface area (TPSA) is 140 Å². The first kappa shape index (κ1) is 25.2. The number of ether oxygens (including phenoxy) is 1. The Labute approximate surface area is 224 Å². The second kappa shape index (κ2) is 9.92. The van der Waals surface area contributed by atoms with Crippen LogP contribution in [0.3, 0.4) is 0 Å². The molecule has 0 spiro atoms. The summed E-state index contributed by atoms with van der Waals surface area (Å²) in [6.07, 6.45) is 5.42. The molecule has 38 heavy (non-hydrogen) atoms. The van der Waals surface area contributed by atoms with E-state index >= 15 is 4.39 Å². The maximum atomic E-state index is 15.8. The number of nitrogens with zero attached hydrogens (tertiary/aromatic N) is 6. The van der Waals surface area contributed by atoms with E-state index in [4.69, 9.17) is 27.8 Å². The van der Waals surface area contributed by atoms with E-state index < -0.39 is 11.4 Å². The first-order chi connectivity index (χ1) is 18.3. The molecule has 0 radical (unpaired) electrons. The van der Waals surface area contributed by atoms with E-state index in [1.807, 2.05) is 11.0 Å². The van der Waals surface area contributed by atoms with Crippen LogP contribution in [0.15, 0.2) is 18.7 Å². The van der Waals surface area contributed by atoms with Crippen molar-refractivity contribution in [2.45, 2.75) is 43.9 Å². The van der Waals surface area contributed by atoms with Gasteiger partial charge in [-0.05, 0) is 25.3 Å². The van der Waals surface area contributed by atoms with Crippen molar-refractivity contribution in [1.82, 2.24) is 29.7 Å². The minimum absolute atomic E-state index is 0.0339. The van der Waals surface area contributed by atoms with Crippen LogP contribution in [0.2, 0.25) is 5.02 Å². The van der Waals surface area contributed by atoms with Crippen LogP contribution >= 0.6 is 11.6 Å². The number of morpholine rings is 1. The predicted molar refractivity (Wildman–Crippen MR) is 141 cm³/mol. The molecule has 2 aliphatic heterocycles. The van der Waals surface area contributed by atoms with E-state index in [1.54, 1.807) is 10.9 Å². The number of nitrogens with two attached hydrogens (primary N) is 2. The van der Waals surface area contributed by atoms with E-state index in [0.717, 1.165) is 18.5 Å². The molecule has 1 aromatic carbocycles. The van der Waals surface area contributed by atoms with Crippen LogP contribution in [0.1, 0.15) is 30.4 Å². The fourth-order valence-electron chi connectivity index (χ4n) is 5.21. The molecular formula is C25H31ClFN9O2. The molecule has 0 unspecified atom stereocenters. The lowest BCUT2D eigenvalue weighted by Gasteiger charge is -2.30. The number of amides is 1. The monoisotopic (exact) mass is 543 g/mol. The second-order valence-corrected chi connectivity index (χ2v) is 10.8. The maximum Gasteiger partial charge on any atom is 0.242 e. The molecule has 2 saturated heterocycles. The van der Waals surface area contributed by atoms with Crippen molar-refractivity contribution in [2.24, 2.45) is 5.73 Å². The summed E-state index contributed by atoms with van der Waals surface area (Å²) in [5.41, 5.74) is 14.3. The van der Waals surface area contributed by atoms with Gasteiger partial charge in [0.2, 0.25) is 5.91 Å². The Hall–Kier alpha value is -3.06. The van der Waals surface area contributed by atoms with Crippen molar-refractivity contribution < 1.29 is 13.9 Å². The molecule has 0 bridgehead atoms. The van der Waals surface area contributed by atoms with Gasteiger partial charge in [-0.25, -0.2) is 19.3 Å². The number of nitrogens with one attached hydrogen (secondary N) is 1.